The predicted molar refractivity (Wildman–Crippen MR) is 101 cm³/mol. The van der Waals surface area contributed by atoms with Crippen molar-refractivity contribution in [2.24, 2.45) is 0 Å². The molecule has 25 heavy (non-hydrogen) atoms. The van der Waals surface area contributed by atoms with Crippen LogP contribution in [-0.4, -0.2) is 36.8 Å². The summed E-state index contributed by atoms with van der Waals surface area (Å²) in [6, 6.07) is 8.13. The van der Waals surface area contributed by atoms with Crippen molar-refractivity contribution >= 4 is 16.9 Å². The number of H-pyrrole nitrogens is 1. The molecule has 1 fully saturated rings. The zero-order chi connectivity index (χ0) is 17.3. The van der Waals surface area contributed by atoms with E-state index in [-0.39, 0.29) is 6.03 Å². The van der Waals surface area contributed by atoms with Gasteiger partial charge in [0.15, 0.2) is 0 Å². The highest BCUT2D eigenvalue weighted by atomic mass is 16.5. The largest absolute Gasteiger partial charge is 0.378 e. The summed E-state index contributed by atoms with van der Waals surface area (Å²) in [5.74, 6) is 0. The maximum atomic E-state index is 11.8. The second-order valence-electron chi connectivity index (χ2n) is 6.78. The molecule has 1 aromatic carbocycles. The van der Waals surface area contributed by atoms with Crippen molar-refractivity contribution in [1.82, 2.24) is 15.6 Å². The molecule has 0 radical (unpaired) electrons. The first-order valence-corrected chi connectivity index (χ1v) is 9.51. The van der Waals surface area contributed by atoms with Gasteiger partial charge in [-0.25, -0.2) is 4.79 Å². The van der Waals surface area contributed by atoms with E-state index in [2.05, 4.69) is 27.8 Å². The monoisotopic (exact) mass is 343 g/mol. The highest BCUT2D eigenvalue weighted by Crippen LogP contribution is 2.20. The first-order chi connectivity index (χ1) is 12.3. The Morgan fingerprint density at radius 3 is 2.80 bits per heavy atom. The van der Waals surface area contributed by atoms with Crippen LogP contribution in [0.5, 0.6) is 0 Å². The topological polar surface area (TPSA) is 66.2 Å². The van der Waals surface area contributed by atoms with Gasteiger partial charge in [0, 0.05) is 36.8 Å². The van der Waals surface area contributed by atoms with Crippen LogP contribution < -0.4 is 10.6 Å². The summed E-state index contributed by atoms with van der Waals surface area (Å²) in [6.07, 6.45) is 10.5. The van der Waals surface area contributed by atoms with E-state index in [1.54, 1.807) is 0 Å². The molecule has 0 bridgehead atoms. The van der Waals surface area contributed by atoms with Crippen molar-refractivity contribution in [1.29, 1.82) is 0 Å². The standard InChI is InChI=1S/C20H29N3O2/c24-20(21-12-6-14-25-17-7-2-1-3-8-17)22-13-11-16-15-23-19-10-5-4-9-18(16)19/h4-5,9-10,15,17,23H,1-3,6-8,11-14H2,(H2,21,22,24). The molecule has 136 valence electrons. The number of hydrogen-bond donors (Lipinski definition) is 3. The lowest BCUT2D eigenvalue weighted by Crippen LogP contribution is -2.37. The number of fused-ring (bicyclic) bond motifs is 1. The van der Waals surface area contributed by atoms with E-state index in [9.17, 15) is 4.79 Å². The van der Waals surface area contributed by atoms with Crippen molar-refractivity contribution in [3.8, 4) is 0 Å². The van der Waals surface area contributed by atoms with Gasteiger partial charge in [-0.15, -0.1) is 0 Å². The minimum absolute atomic E-state index is 0.0995. The molecule has 0 unspecified atom stereocenters. The fourth-order valence-corrected chi connectivity index (χ4v) is 3.47. The molecule has 0 spiro atoms. The molecule has 1 aliphatic rings. The van der Waals surface area contributed by atoms with Crippen LogP contribution in [0.4, 0.5) is 4.79 Å². The molecule has 2 aromatic rings. The molecule has 0 aliphatic heterocycles. The Kier molecular flexibility index (Phi) is 6.74. The van der Waals surface area contributed by atoms with E-state index in [4.69, 9.17) is 4.74 Å². The number of urea groups is 1. The molecule has 2 amide bonds. The Balaban J connectivity index is 1.25. The molecule has 1 aromatic heterocycles. The second kappa shape index (κ2) is 9.47. The lowest BCUT2D eigenvalue weighted by Gasteiger charge is -2.21. The number of carbonyl (C=O) groups excluding carboxylic acids is 1. The predicted octanol–water partition coefficient (Wildman–Crippen LogP) is 3.75. The molecule has 1 aliphatic carbocycles. The lowest BCUT2D eigenvalue weighted by molar-refractivity contribution is 0.0275. The molecule has 5 heteroatoms. The minimum Gasteiger partial charge on any atom is -0.378 e. The Morgan fingerprint density at radius 2 is 1.92 bits per heavy atom. The highest BCUT2D eigenvalue weighted by Gasteiger charge is 2.13. The molecule has 3 N–H and O–H groups in total. The van der Waals surface area contributed by atoms with Crippen molar-refractivity contribution in [2.45, 2.75) is 51.0 Å². The number of amides is 2. The van der Waals surface area contributed by atoms with Crippen molar-refractivity contribution in [2.75, 3.05) is 19.7 Å². The fraction of sp³-hybridized carbons (Fsp3) is 0.550. The molecule has 5 nitrogen and oxygen atoms in total. The van der Waals surface area contributed by atoms with Crippen LogP contribution in [0.1, 0.15) is 44.1 Å². The van der Waals surface area contributed by atoms with Gasteiger partial charge in [0.1, 0.15) is 0 Å². The van der Waals surface area contributed by atoms with Crippen LogP contribution in [-0.2, 0) is 11.2 Å². The average molecular weight is 343 g/mol. The van der Waals surface area contributed by atoms with E-state index in [0.717, 1.165) is 25.0 Å². The Bertz CT molecular complexity index is 662. The van der Waals surface area contributed by atoms with Crippen LogP contribution in [0.2, 0.25) is 0 Å². The van der Waals surface area contributed by atoms with Gasteiger partial charge in [0.25, 0.3) is 0 Å². The molecule has 1 heterocycles. The smallest absolute Gasteiger partial charge is 0.314 e. The van der Waals surface area contributed by atoms with Gasteiger partial charge in [-0.1, -0.05) is 37.5 Å². The molecule has 0 saturated heterocycles. The zero-order valence-electron chi connectivity index (χ0n) is 14.9. The van der Waals surface area contributed by atoms with Crippen molar-refractivity contribution in [3.05, 3.63) is 36.0 Å². The third-order valence-electron chi connectivity index (χ3n) is 4.87. The molecular formula is C20H29N3O2. The summed E-state index contributed by atoms with van der Waals surface area (Å²) in [5, 5.41) is 7.05. The molecule has 3 rings (SSSR count). The van der Waals surface area contributed by atoms with Crippen LogP contribution in [0.3, 0.4) is 0 Å². The number of ether oxygens (including phenoxy) is 1. The van der Waals surface area contributed by atoms with Gasteiger partial charge in [0.2, 0.25) is 0 Å². The highest BCUT2D eigenvalue weighted by molar-refractivity contribution is 5.83. The first-order valence-electron chi connectivity index (χ1n) is 9.51. The Labute approximate surface area is 149 Å². The fourth-order valence-electron chi connectivity index (χ4n) is 3.47. The Hall–Kier alpha value is -2.01. The summed E-state index contributed by atoms with van der Waals surface area (Å²) in [5.41, 5.74) is 2.37. The zero-order valence-corrected chi connectivity index (χ0v) is 14.9. The van der Waals surface area contributed by atoms with Crippen molar-refractivity contribution < 1.29 is 9.53 Å². The van der Waals surface area contributed by atoms with Gasteiger partial charge >= 0.3 is 6.03 Å². The van der Waals surface area contributed by atoms with Crippen LogP contribution in [0.25, 0.3) is 10.9 Å². The second-order valence-corrected chi connectivity index (χ2v) is 6.78. The maximum Gasteiger partial charge on any atom is 0.314 e. The third kappa shape index (κ3) is 5.49. The number of aromatic amines is 1. The number of hydrogen-bond acceptors (Lipinski definition) is 2. The van der Waals surface area contributed by atoms with Crippen LogP contribution in [0.15, 0.2) is 30.5 Å². The van der Waals surface area contributed by atoms with Crippen LogP contribution in [0, 0.1) is 0 Å². The van der Waals surface area contributed by atoms with Gasteiger partial charge in [-0.3, -0.25) is 0 Å². The Morgan fingerprint density at radius 1 is 1.12 bits per heavy atom. The maximum absolute atomic E-state index is 11.8. The summed E-state index contributed by atoms with van der Waals surface area (Å²) in [7, 11) is 0. The number of carbonyl (C=O) groups is 1. The van der Waals surface area contributed by atoms with Gasteiger partial charge in [0.05, 0.1) is 6.10 Å². The average Bonchev–Trinajstić information content (AvgIpc) is 3.06. The minimum atomic E-state index is -0.0995. The third-order valence-corrected chi connectivity index (χ3v) is 4.87. The van der Waals surface area contributed by atoms with Crippen molar-refractivity contribution in [3.63, 3.8) is 0 Å². The number of nitrogens with one attached hydrogen (secondary N) is 3. The SMILES string of the molecule is O=C(NCCCOC1CCCCC1)NCCc1c[nH]c2ccccc12. The van der Waals surface area contributed by atoms with Gasteiger partial charge < -0.3 is 20.4 Å². The lowest BCUT2D eigenvalue weighted by atomic mass is 9.98. The summed E-state index contributed by atoms with van der Waals surface area (Å²) < 4.78 is 5.86. The summed E-state index contributed by atoms with van der Waals surface area (Å²) in [6.45, 7) is 2.03. The van der Waals surface area contributed by atoms with E-state index >= 15 is 0 Å². The van der Waals surface area contributed by atoms with E-state index < -0.39 is 0 Å². The molecular weight excluding hydrogens is 314 g/mol. The number of aromatic nitrogens is 1. The van der Waals surface area contributed by atoms with E-state index in [1.165, 1.54) is 43.1 Å². The quantitative estimate of drug-likeness (QED) is 0.639. The summed E-state index contributed by atoms with van der Waals surface area (Å²) >= 11 is 0. The van der Waals surface area contributed by atoms with E-state index in [0.29, 0.717) is 19.2 Å². The first kappa shape index (κ1) is 17.8. The van der Waals surface area contributed by atoms with Gasteiger partial charge in [-0.2, -0.15) is 0 Å². The number of benzene rings is 1. The summed E-state index contributed by atoms with van der Waals surface area (Å²) in [4.78, 5) is 15.1. The molecule has 0 atom stereocenters. The van der Waals surface area contributed by atoms with Crippen LogP contribution >= 0.6 is 0 Å². The van der Waals surface area contributed by atoms with E-state index in [1.807, 2.05) is 18.3 Å². The number of para-hydroxylation sites is 1. The van der Waals surface area contributed by atoms with Gasteiger partial charge in [-0.05, 0) is 37.3 Å². The number of rotatable bonds is 8. The normalized spacial score (nSPS) is 15.4. The molecule has 1 saturated carbocycles.